The molecule has 2 aliphatic heterocycles. The van der Waals surface area contributed by atoms with Gasteiger partial charge in [-0.3, -0.25) is 0 Å². The monoisotopic (exact) mass is 315 g/mol. The van der Waals surface area contributed by atoms with E-state index < -0.39 is 15.6 Å². The molecule has 3 rings (SSSR count). The molecule has 8 heteroatoms. The lowest BCUT2D eigenvalue weighted by Crippen LogP contribution is -2.43. The molecule has 1 aromatic rings. The Morgan fingerprint density at radius 2 is 1.95 bits per heavy atom. The minimum atomic E-state index is -3.72. The Morgan fingerprint density at radius 1 is 1.19 bits per heavy atom. The zero-order valence-corrected chi connectivity index (χ0v) is 12.2. The maximum atomic E-state index is 12.3. The van der Waals surface area contributed by atoms with E-state index in [1.807, 2.05) is 0 Å². The van der Waals surface area contributed by atoms with Crippen molar-refractivity contribution in [1.82, 2.24) is 4.72 Å². The second kappa shape index (κ2) is 5.45. The van der Waals surface area contributed by atoms with E-state index in [2.05, 4.69) is 4.72 Å². The second-order valence-corrected chi connectivity index (χ2v) is 6.92. The summed E-state index contributed by atoms with van der Waals surface area (Å²) in [6, 6.07) is 4.44. The summed E-state index contributed by atoms with van der Waals surface area (Å²) >= 11 is 0. The molecule has 0 bridgehead atoms. The van der Waals surface area contributed by atoms with Crippen LogP contribution in [0.2, 0.25) is 0 Å². The number of sulfonamides is 1. The van der Waals surface area contributed by atoms with E-state index >= 15 is 0 Å². The average Bonchev–Trinajstić information content (AvgIpc) is 2.92. The number of hydrogen-bond donors (Lipinski definition) is 2. The van der Waals surface area contributed by atoms with Crippen LogP contribution < -0.4 is 14.2 Å². The zero-order chi connectivity index (χ0) is 14.9. The van der Waals surface area contributed by atoms with Crippen molar-refractivity contribution < 1.29 is 27.7 Å². The summed E-state index contributed by atoms with van der Waals surface area (Å²) in [6.07, 6.45) is 0.413. The molecule has 1 atom stereocenters. The maximum absolute atomic E-state index is 12.3. The predicted molar refractivity (Wildman–Crippen MR) is 73.0 cm³/mol. The molecule has 1 aromatic carbocycles. The molecule has 0 spiro atoms. The Kier molecular flexibility index (Phi) is 3.78. The van der Waals surface area contributed by atoms with Gasteiger partial charge >= 0.3 is 0 Å². The summed E-state index contributed by atoms with van der Waals surface area (Å²) in [4.78, 5) is 0.0780. The van der Waals surface area contributed by atoms with Gasteiger partial charge in [0.1, 0.15) is 18.8 Å². The van der Waals surface area contributed by atoms with Crippen LogP contribution in [0, 0.1) is 0 Å². The number of hydrogen-bond acceptors (Lipinski definition) is 6. The molecular formula is C13H17NO6S. The van der Waals surface area contributed by atoms with Crippen molar-refractivity contribution in [3.8, 4) is 11.5 Å². The number of aliphatic hydroxyl groups is 1. The topological polar surface area (TPSA) is 94.1 Å². The Morgan fingerprint density at radius 3 is 2.67 bits per heavy atom. The van der Waals surface area contributed by atoms with Crippen LogP contribution in [0.1, 0.15) is 6.42 Å². The standard InChI is InChI=1S/C13H17NO6S/c15-13(3-4-18-9-13)8-14-21(16,17)10-1-2-11-12(7-10)20-6-5-19-11/h1-2,7,14-15H,3-6,8-9H2. The highest BCUT2D eigenvalue weighted by Crippen LogP contribution is 2.32. The lowest BCUT2D eigenvalue weighted by Gasteiger charge is -2.21. The predicted octanol–water partition coefficient (Wildman–Crippen LogP) is -0.113. The lowest BCUT2D eigenvalue weighted by molar-refractivity contribution is 0.0314. The SMILES string of the molecule is O=S(=O)(NCC1(O)CCOC1)c1ccc2c(c1)OCCO2. The summed E-state index contributed by atoms with van der Waals surface area (Å²) in [7, 11) is -3.72. The first-order valence-electron chi connectivity index (χ1n) is 6.68. The summed E-state index contributed by atoms with van der Waals surface area (Å²) < 4.78 is 42.7. The second-order valence-electron chi connectivity index (χ2n) is 5.16. The third-order valence-corrected chi connectivity index (χ3v) is 4.90. The van der Waals surface area contributed by atoms with Gasteiger partial charge in [-0.25, -0.2) is 13.1 Å². The number of nitrogens with one attached hydrogen (secondary N) is 1. The Bertz CT molecular complexity index is 624. The highest BCUT2D eigenvalue weighted by molar-refractivity contribution is 7.89. The zero-order valence-electron chi connectivity index (χ0n) is 11.4. The van der Waals surface area contributed by atoms with Gasteiger partial charge in [0.25, 0.3) is 0 Å². The van der Waals surface area contributed by atoms with Crippen molar-refractivity contribution in [2.45, 2.75) is 16.9 Å². The Labute approximate surface area is 122 Å². The molecule has 2 heterocycles. The van der Waals surface area contributed by atoms with Crippen LogP contribution in [-0.2, 0) is 14.8 Å². The molecule has 116 valence electrons. The minimum absolute atomic E-state index is 0.0780. The average molecular weight is 315 g/mol. The number of ether oxygens (including phenoxy) is 3. The highest BCUT2D eigenvalue weighted by Gasteiger charge is 2.33. The minimum Gasteiger partial charge on any atom is -0.486 e. The van der Waals surface area contributed by atoms with E-state index in [1.165, 1.54) is 12.1 Å². The van der Waals surface area contributed by atoms with Crippen molar-refractivity contribution in [2.75, 3.05) is 33.0 Å². The first-order valence-corrected chi connectivity index (χ1v) is 8.16. The first kappa shape index (κ1) is 14.6. The third kappa shape index (κ3) is 3.13. The van der Waals surface area contributed by atoms with Crippen LogP contribution in [0.3, 0.4) is 0 Å². The van der Waals surface area contributed by atoms with Crippen LogP contribution in [0.5, 0.6) is 11.5 Å². The molecule has 1 unspecified atom stereocenters. The molecule has 0 saturated carbocycles. The van der Waals surface area contributed by atoms with Gasteiger partial charge in [-0.15, -0.1) is 0 Å². The van der Waals surface area contributed by atoms with Crippen molar-refractivity contribution in [3.05, 3.63) is 18.2 Å². The molecule has 0 aromatic heterocycles. The van der Waals surface area contributed by atoms with Crippen molar-refractivity contribution in [3.63, 3.8) is 0 Å². The number of fused-ring (bicyclic) bond motifs is 1. The fourth-order valence-corrected chi connectivity index (χ4v) is 3.37. The molecule has 7 nitrogen and oxygen atoms in total. The molecule has 1 saturated heterocycles. The van der Waals surface area contributed by atoms with E-state index in [9.17, 15) is 13.5 Å². The van der Waals surface area contributed by atoms with E-state index in [-0.39, 0.29) is 18.0 Å². The summed E-state index contributed by atoms with van der Waals surface area (Å²) in [6.45, 7) is 1.33. The molecule has 0 radical (unpaired) electrons. The van der Waals surface area contributed by atoms with Gasteiger partial charge in [-0.1, -0.05) is 0 Å². The summed E-state index contributed by atoms with van der Waals surface area (Å²) in [5, 5.41) is 10.1. The van der Waals surface area contributed by atoms with Gasteiger partial charge in [0.05, 0.1) is 11.5 Å². The third-order valence-electron chi connectivity index (χ3n) is 3.50. The Hall–Kier alpha value is -1.35. The smallest absolute Gasteiger partial charge is 0.240 e. The van der Waals surface area contributed by atoms with Crippen LogP contribution in [0.15, 0.2) is 23.1 Å². The van der Waals surface area contributed by atoms with Crippen LogP contribution >= 0.6 is 0 Å². The van der Waals surface area contributed by atoms with Crippen LogP contribution in [-0.4, -0.2) is 52.1 Å². The van der Waals surface area contributed by atoms with Gasteiger partial charge in [-0.2, -0.15) is 0 Å². The van der Waals surface area contributed by atoms with Gasteiger partial charge in [0.2, 0.25) is 10.0 Å². The largest absolute Gasteiger partial charge is 0.486 e. The molecule has 0 amide bonds. The fraction of sp³-hybridized carbons (Fsp3) is 0.538. The molecule has 2 N–H and O–H groups in total. The molecular weight excluding hydrogens is 298 g/mol. The first-order chi connectivity index (χ1) is 9.99. The van der Waals surface area contributed by atoms with Crippen molar-refractivity contribution in [1.29, 1.82) is 0 Å². The van der Waals surface area contributed by atoms with Gasteiger partial charge < -0.3 is 19.3 Å². The van der Waals surface area contributed by atoms with E-state index in [4.69, 9.17) is 14.2 Å². The normalized spacial score (nSPS) is 25.0. The van der Waals surface area contributed by atoms with Gasteiger partial charge in [0.15, 0.2) is 11.5 Å². The molecule has 1 fully saturated rings. The quantitative estimate of drug-likeness (QED) is 0.805. The Balaban J connectivity index is 1.75. The van der Waals surface area contributed by atoms with E-state index in [1.54, 1.807) is 6.07 Å². The summed E-state index contributed by atoms with van der Waals surface area (Å²) in [5.41, 5.74) is -1.14. The molecule has 21 heavy (non-hydrogen) atoms. The lowest BCUT2D eigenvalue weighted by atomic mass is 10.1. The molecule has 0 aliphatic carbocycles. The summed E-state index contributed by atoms with van der Waals surface area (Å²) in [5.74, 6) is 0.940. The fourth-order valence-electron chi connectivity index (χ4n) is 2.24. The van der Waals surface area contributed by atoms with Crippen LogP contribution in [0.4, 0.5) is 0 Å². The van der Waals surface area contributed by atoms with E-state index in [0.717, 1.165) is 0 Å². The number of rotatable bonds is 4. The number of benzene rings is 1. The molecule has 2 aliphatic rings. The van der Waals surface area contributed by atoms with E-state index in [0.29, 0.717) is 37.7 Å². The van der Waals surface area contributed by atoms with Crippen molar-refractivity contribution >= 4 is 10.0 Å². The van der Waals surface area contributed by atoms with Crippen molar-refractivity contribution in [2.24, 2.45) is 0 Å². The van der Waals surface area contributed by atoms with Gasteiger partial charge in [-0.05, 0) is 12.1 Å². The maximum Gasteiger partial charge on any atom is 0.240 e. The highest BCUT2D eigenvalue weighted by atomic mass is 32.2. The van der Waals surface area contributed by atoms with Gasteiger partial charge in [0, 0.05) is 25.6 Å². The van der Waals surface area contributed by atoms with Crippen LogP contribution in [0.25, 0.3) is 0 Å².